The third-order valence-corrected chi connectivity index (χ3v) is 10.1. The molecule has 2 fully saturated rings. The van der Waals surface area contributed by atoms with Gasteiger partial charge in [-0.3, -0.25) is 14.4 Å². The molecule has 1 saturated heterocycles. The van der Waals surface area contributed by atoms with Crippen molar-refractivity contribution in [2.75, 3.05) is 19.6 Å². The number of amides is 3. The number of hydrogen-bond acceptors (Lipinski definition) is 4. The zero-order chi connectivity index (χ0) is 31.3. The lowest BCUT2D eigenvalue weighted by Gasteiger charge is -2.48. The van der Waals surface area contributed by atoms with Crippen molar-refractivity contribution in [1.29, 1.82) is 0 Å². The summed E-state index contributed by atoms with van der Waals surface area (Å²) in [5.74, 6) is 0.241. The first-order valence-electron chi connectivity index (χ1n) is 16.5. The van der Waals surface area contributed by atoms with E-state index in [2.05, 4.69) is 28.1 Å². The van der Waals surface area contributed by atoms with Crippen LogP contribution in [0.1, 0.15) is 94.9 Å². The number of carbonyl (C=O) groups is 3. The van der Waals surface area contributed by atoms with Crippen molar-refractivity contribution in [3.8, 4) is 0 Å². The molecule has 2 aromatic rings. The summed E-state index contributed by atoms with van der Waals surface area (Å²) in [5, 5.41) is 10.5. The van der Waals surface area contributed by atoms with Gasteiger partial charge in [-0.15, -0.1) is 0 Å². The maximum absolute atomic E-state index is 14.2. The quantitative estimate of drug-likeness (QED) is 0.351. The van der Waals surface area contributed by atoms with Gasteiger partial charge in [0, 0.05) is 42.5 Å². The Morgan fingerprint density at radius 2 is 1.68 bits per heavy atom. The Kier molecular flexibility index (Phi) is 10.4. The lowest BCUT2D eigenvalue weighted by Crippen LogP contribution is -2.59. The van der Waals surface area contributed by atoms with E-state index in [4.69, 9.17) is 11.6 Å². The van der Waals surface area contributed by atoms with Crippen LogP contribution in [0.15, 0.2) is 48.5 Å². The maximum Gasteiger partial charge on any atom is 0.245 e. The van der Waals surface area contributed by atoms with Crippen molar-refractivity contribution in [3.05, 3.63) is 70.2 Å². The first-order valence-corrected chi connectivity index (χ1v) is 16.9. The zero-order valence-electron chi connectivity index (χ0n) is 26.6. The molecule has 5 rings (SSSR count). The van der Waals surface area contributed by atoms with E-state index in [1.54, 1.807) is 0 Å². The van der Waals surface area contributed by atoms with Crippen LogP contribution in [0.3, 0.4) is 0 Å². The monoisotopic (exact) mass is 620 g/mol. The lowest BCUT2D eigenvalue weighted by atomic mass is 9.63. The Morgan fingerprint density at radius 3 is 2.36 bits per heavy atom. The van der Waals surface area contributed by atoms with Crippen LogP contribution in [0.5, 0.6) is 0 Å². The van der Waals surface area contributed by atoms with Crippen LogP contribution in [-0.4, -0.2) is 53.8 Å². The smallest absolute Gasteiger partial charge is 0.245 e. The predicted molar refractivity (Wildman–Crippen MR) is 175 cm³/mol. The third-order valence-electron chi connectivity index (χ3n) is 9.89. The lowest BCUT2D eigenvalue weighted by molar-refractivity contribution is -0.147. The van der Waals surface area contributed by atoms with E-state index in [1.165, 1.54) is 12.0 Å². The largest absolute Gasteiger partial charge is 0.351 e. The molecule has 1 unspecified atom stereocenters. The highest BCUT2D eigenvalue weighted by Crippen LogP contribution is 2.46. The number of benzene rings is 2. The molecule has 3 aliphatic rings. The first-order chi connectivity index (χ1) is 21.0. The van der Waals surface area contributed by atoms with Gasteiger partial charge in [-0.25, -0.2) is 0 Å². The molecule has 0 spiro atoms. The fourth-order valence-electron chi connectivity index (χ4n) is 7.56. The molecule has 2 aliphatic heterocycles. The van der Waals surface area contributed by atoms with Gasteiger partial charge in [-0.05, 0) is 94.2 Å². The van der Waals surface area contributed by atoms with Crippen LogP contribution in [-0.2, 0) is 27.2 Å². The van der Waals surface area contributed by atoms with Crippen LogP contribution < -0.4 is 16.0 Å². The van der Waals surface area contributed by atoms with E-state index in [0.29, 0.717) is 43.3 Å². The second-order valence-corrected chi connectivity index (χ2v) is 14.6. The van der Waals surface area contributed by atoms with Crippen LogP contribution in [0, 0.1) is 11.3 Å². The Morgan fingerprint density at radius 1 is 1.00 bits per heavy atom. The van der Waals surface area contributed by atoms with Crippen molar-refractivity contribution < 1.29 is 14.4 Å². The average Bonchev–Trinajstić information content (AvgIpc) is 3.01. The number of nitrogens with one attached hydrogen (secondary N) is 3. The third kappa shape index (κ3) is 7.84. The predicted octanol–water partition coefficient (Wildman–Crippen LogP) is 5.75. The SMILES string of the molecule is CC(C)(C)NC(=O)C1(C2CCCCC2)CCN(C(=O)[C@@H](Cc2ccc(Cl)cc2)NC(=O)CC2NCCc3ccccc32)CC1. The van der Waals surface area contributed by atoms with Crippen molar-refractivity contribution in [3.63, 3.8) is 0 Å². The molecule has 3 amide bonds. The van der Waals surface area contributed by atoms with Crippen LogP contribution in [0.2, 0.25) is 5.02 Å². The number of rotatable bonds is 8. The molecule has 44 heavy (non-hydrogen) atoms. The van der Waals surface area contributed by atoms with Crippen LogP contribution in [0.25, 0.3) is 0 Å². The molecular weight excluding hydrogens is 572 g/mol. The first kappa shape index (κ1) is 32.5. The molecule has 0 radical (unpaired) electrons. The molecule has 1 aliphatic carbocycles. The molecule has 2 atom stereocenters. The fraction of sp³-hybridized carbons (Fsp3) is 0.583. The van der Waals surface area contributed by atoms with Gasteiger partial charge in [0.1, 0.15) is 6.04 Å². The molecule has 7 nitrogen and oxygen atoms in total. The minimum Gasteiger partial charge on any atom is -0.351 e. The Balaban J connectivity index is 1.31. The molecule has 0 aromatic heterocycles. The molecular formula is C36H49ClN4O3. The Labute approximate surface area is 267 Å². The van der Waals surface area contributed by atoms with Crippen LogP contribution >= 0.6 is 11.6 Å². The minimum absolute atomic E-state index is 0.0845. The number of piperidine rings is 1. The molecule has 2 heterocycles. The number of likely N-dealkylation sites (tertiary alicyclic amines) is 1. The fourth-order valence-corrected chi connectivity index (χ4v) is 7.68. The summed E-state index contributed by atoms with van der Waals surface area (Å²) in [5.41, 5.74) is 2.58. The second-order valence-electron chi connectivity index (χ2n) is 14.1. The Bertz CT molecular complexity index is 1310. The summed E-state index contributed by atoms with van der Waals surface area (Å²) in [7, 11) is 0. The van der Waals surface area contributed by atoms with Gasteiger partial charge in [0.15, 0.2) is 0 Å². The van der Waals surface area contributed by atoms with Gasteiger partial charge >= 0.3 is 0 Å². The second kappa shape index (κ2) is 14.0. The summed E-state index contributed by atoms with van der Waals surface area (Å²) in [6.45, 7) is 7.94. The minimum atomic E-state index is -0.701. The van der Waals surface area contributed by atoms with E-state index in [9.17, 15) is 14.4 Å². The summed E-state index contributed by atoms with van der Waals surface area (Å²) in [4.78, 5) is 43.4. The molecule has 238 valence electrons. The number of fused-ring (bicyclic) bond motifs is 1. The summed E-state index contributed by atoms with van der Waals surface area (Å²) >= 11 is 6.14. The van der Waals surface area contributed by atoms with Gasteiger partial charge in [0.05, 0.1) is 5.41 Å². The van der Waals surface area contributed by atoms with E-state index in [0.717, 1.165) is 49.8 Å². The normalized spacial score (nSPS) is 21.2. The van der Waals surface area contributed by atoms with Gasteiger partial charge < -0.3 is 20.9 Å². The zero-order valence-corrected chi connectivity index (χ0v) is 27.3. The molecule has 2 aromatic carbocycles. The number of carbonyl (C=O) groups excluding carboxylic acids is 3. The molecule has 1 saturated carbocycles. The number of hydrogen-bond donors (Lipinski definition) is 3. The van der Waals surface area contributed by atoms with Gasteiger partial charge in [0.25, 0.3) is 0 Å². The Hall–Kier alpha value is -2.90. The van der Waals surface area contributed by atoms with Crippen molar-refractivity contribution in [1.82, 2.24) is 20.9 Å². The van der Waals surface area contributed by atoms with Crippen LogP contribution in [0.4, 0.5) is 0 Å². The van der Waals surface area contributed by atoms with E-state index < -0.39 is 11.5 Å². The number of nitrogens with zero attached hydrogens (tertiary/aromatic N) is 1. The summed E-state index contributed by atoms with van der Waals surface area (Å²) in [6.07, 6.45) is 8.57. The van der Waals surface area contributed by atoms with Gasteiger partial charge in [0.2, 0.25) is 17.7 Å². The molecule has 8 heteroatoms. The average molecular weight is 621 g/mol. The topological polar surface area (TPSA) is 90.5 Å². The van der Waals surface area contributed by atoms with Gasteiger partial charge in [-0.2, -0.15) is 0 Å². The standard InChI is InChI=1S/C36H49ClN4O3/c1-35(2,3)40-34(44)36(27-10-5-4-6-11-27)18-21-41(22-19-36)33(43)31(23-25-13-15-28(37)16-14-25)39-32(42)24-30-29-12-8-7-9-26(29)17-20-38-30/h7-9,12-16,27,30-31,38H,4-6,10-11,17-24H2,1-3H3,(H,39,42)(H,40,44)/t30?,31-/m1/s1. The highest BCUT2D eigenvalue weighted by atomic mass is 35.5. The summed E-state index contributed by atoms with van der Waals surface area (Å²) in [6, 6.07) is 14.9. The van der Waals surface area contributed by atoms with Crippen molar-refractivity contribution in [2.24, 2.45) is 11.3 Å². The maximum atomic E-state index is 14.2. The van der Waals surface area contributed by atoms with Gasteiger partial charge in [-0.1, -0.05) is 67.3 Å². The number of halogens is 1. The summed E-state index contributed by atoms with van der Waals surface area (Å²) < 4.78 is 0. The van der Waals surface area contributed by atoms with E-state index in [-0.39, 0.29) is 35.7 Å². The molecule has 3 N–H and O–H groups in total. The van der Waals surface area contributed by atoms with Crippen molar-refractivity contribution in [2.45, 2.75) is 103 Å². The highest BCUT2D eigenvalue weighted by molar-refractivity contribution is 6.30. The molecule has 0 bridgehead atoms. The highest BCUT2D eigenvalue weighted by Gasteiger charge is 2.49. The van der Waals surface area contributed by atoms with Crippen molar-refractivity contribution >= 4 is 29.3 Å². The van der Waals surface area contributed by atoms with E-state index >= 15 is 0 Å². The van der Waals surface area contributed by atoms with E-state index in [1.807, 2.05) is 62.1 Å².